The van der Waals surface area contributed by atoms with E-state index >= 15 is 0 Å². The molecule has 0 amide bonds. The van der Waals surface area contributed by atoms with Gasteiger partial charge in [-0.25, -0.2) is 0 Å². The second-order valence-electron chi connectivity index (χ2n) is 6.63. The first-order chi connectivity index (χ1) is 9.91. The lowest BCUT2D eigenvalue weighted by Crippen LogP contribution is -2.40. The molecular weight excluding hydrogens is 264 g/mol. The number of ether oxygens (including phenoxy) is 2. The molecule has 2 rings (SSSR count). The average Bonchev–Trinajstić information content (AvgIpc) is 2.41. The van der Waals surface area contributed by atoms with Crippen LogP contribution in [0.25, 0.3) is 0 Å². The smallest absolute Gasteiger partial charge is 0.128 e. The van der Waals surface area contributed by atoms with Gasteiger partial charge < -0.3 is 19.7 Å². The Kier molecular flexibility index (Phi) is 5.12. The van der Waals surface area contributed by atoms with Crippen LogP contribution in [0.3, 0.4) is 0 Å². The highest BCUT2D eigenvalue weighted by Gasteiger charge is 2.33. The number of methoxy groups -OCH3 is 1. The molecule has 0 saturated heterocycles. The minimum atomic E-state index is -0.154. The molecular formula is C17H28N2O2. The second-order valence-corrected chi connectivity index (χ2v) is 6.63. The molecule has 0 fully saturated rings. The molecule has 0 saturated carbocycles. The monoisotopic (exact) mass is 292 g/mol. The summed E-state index contributed by atoms with van der Waals surface area (Å²) < 4.78 is 11.4. The zero-order chi connectivity index (χ0) is 15.5. The Morgan fingerprint density at radius 3 is 2.81 bits per heavy atom. The third-order valence-electron chi connectivity index (χ3n) is 3.85. The molecule has 118 valence electrons. The number of hydrogen-bond acceptors (Lipinski definition) is 4. The second kappa shape index (κ2) is 6.67. The van der Waals surface area contributed by atoms with Crippen LogP contribution in [0, 0.1) is 0 Å². The first-order valence-electron chi connectivity index (χ1n) is 7.66. The molecule has 0 aliphatic carbocycles. The van der Waals surface area contributed by atoms with Gasteiger partial charge >= 0.3 is 0 Å². The highest BCUT2D eigenvalue weighted by molar-refractivity contribution is 5.44. The van der Waals surface area contributed by atoms with Crippen LogP contribution in [0.2, 0.25) is 0 Å². The van der Waals surface area contributed by atoms with E-state index in [9.17, 15) is 0 Å². The highest BCUT2D eigenvalue weighted by atomic mass is 16.5. The summed E-state index contributed by atoms with van der Waals surface area (Å²) >= 11 is 0. The number of hydrogen-bond donors (Lipinski definition) is 1. The Balaban J connectivity index is 2.08. The summed E-state index contributed by atoms with van der Waals surface area (Å²) in [6, 6.07) is 6.46. The van der Waals surface area contributed by atoms with Gasteiger partial charge in [0.1, 0.15) is 17.1 Å². The minimum absolute atomic E-state index is 0.154. The average molecular weight is 292 g/mol. The summed E-state index contributed by atoms with van der Waals surface area (Å²) in [7, 11) is 5.91. The van der Waals surface area contributed by atoms with E-state index < -0.39 is 0 Å². The van der Waals surface area contributed by atoms with E-state index in [1.807, 2.05) is 12.1 Å². The Labute approximate surface area is 128 Å². The molecule has 0 aromatic heterocycles. The molecule has 1 unspecified atom stereocenters. The molecule has 1 aromatic carbocycles. The topological polar surface area (TPSA) is 33.7 Å². The molecule has 1 N–H and O–H groups in total. The van der Waals surface area contributed by atoms with Crippen LogP contribution in [0.4, 0.5) is 0 Å². The Morgan fingerprint density at radius 2 is 2.14 bits per heavy atom. The minimum Gasteiger partial charge on any atom is -0.497 e. The number of rotatable bonds is 6. The molecule has 4 heteroatoms. The quantitative estimate of drug-likeness (QED) is 0.818. The largest absolute Gasteiger partial charge is 0.497 e. The maximum atomic E-state index is 6.11. The van der Waals surface area contributed by atoms with Crippen molar-refractivity contribution in [2.45, 2.75) is 38.3 Å². The van der Waals surface area contributed by atoms with Gasteiger partial charge in [0.15, 0.2) is 0 Å². The lowest BCUT2D eigenvalue weighted by atomic mass is 9.89. The highest BCUT2D eigenvalue weighted by Crippen LogP contribution is 2.41. The van der Waals surface area contributed by atoms with Crippen molar-refractivity contribution in [1.82, 2.24) is 10.2 Å². The normalized spacial score (nSPS) is 20.0. The summed E-state index contributed by atoms with van der Waals surface area (Å²) in [4.78, 5) is 2.22. The number of nitrogens with one attached hydrogen (secondary N) is 1. The summed E-state index contributed by atoms with van der Waals surface area (Å²) in [6.07, 6.45) is 2.13. The van der Waals surface area contributed by atoms with Crippen LogP contribution in [0.15, 0.2) is 18.2 Å². The predicted octanol–water partition coefficient (Wildman–Crippen LogP) is 2.84. The number of nitrogens with zero attached hydrogens (tertiary/aromatic N) is 1. The van der Waals surface area contributed by atoms with Gasteiger partial charge in [-0.3, -0.25) is 0 Å². The van der Waals surface area contributed by atoms with Crippen LogP contribution in [0.5, 0.6) is 11.5 Å². The maximum absolute atomic E-state index is 6.11. The molecule has 0 spiro atoms. The molecule has 0 radical (unpaired) electrons. The van der Waals surface area contributed by atoms with Gasteiger partial charge in [0.25, 0.3) is 0 Å². The maximum Gasteiger partial charge on any atom is 0.128 e. The summed E-state index contributed by atoms with van der Waals surface area (Å²) in [5.41, 5.74) is 1.08. The molecule has 1 aliphatic heterocycles. The lowest BCUT2D eigenvalue weighted by molar-refractivity contribution is 0.0656. The van der Waals surface area contributed by atoms with E-state index in [2.05, 4.69) is 44.2 Å². The van der Waals surface area contributed by atoms with Gasteiger partial charge in [0.2, 0.25) is 0 Å². The van der Waals surface area contributed by atoms with E-state index in [0.29, 0.717) is 6.04 Å². The molecule has 1 aromatic rings. The van der Waals surface area contributed by atoms with E-state index in [0.717, 1.165) is 37.4 Å². The van der Waals surface area contributed by atoms with Gasteiger partial charge in [-0.05, 0) is 53.5 Å². The molecule has 4 nitrogen and oxygen atoms in total. The fourth-order valence-corrected chi connectivity index (χ4v) is 2.81. The van der Waals surface area contributed by atoms with Gasteiger partial charge in [-0.15, -0.1) is 0 Å². The van der Waals surface area contributed by atoms with Crippen molar-refractivity contribution in [2.24, 2.45) is 0 Å². The SMILES string of the molecule is COc1ccc2c(c1)OC(C)(C)CC2NCCCN(C)C. The van der Waals surface area contributed by atoms with Crippen molar-refractivity contribution in [3.05, 3.63) is 23.8 Å². The third-order valence-corrected chi connectivity index (χ3v) is 3.85. The van der Waals surface area contributed by atoms with Crippen LogP contribution in [-0.4, -0.2) is 44.8 Å². The Hall–Kier alpha value is -1.26. The first-order valence-corrected chi connectivity index (χ1v) is 7.66. The van der Waals surface area contributed by atoms with E-state index in [-0.39, 0.29) is 5.60 Å². The number of fused-ring (bicyclic) bond motifs is 1. The fourth-order valence-electron chi connectivity index (χ4n) is 2.81. The summed E-state index contributed by atoms with van der Waals surface area (Å²) in [5, 5.41) is 3.68. The van der Waals surface area contributed by atoms with Gasteiger partial charge in [-0.1, -0.05) is 6.07 Å². The van der Waals surface area contributed by atoms with Crippen molar-refractivity contribution in [1.29, 1.82) is 0 Å². The first kappa shape index (κ1) is 16.1. The van der Waals surface area contributed by atoms with Gasteiger partial charge in [0, 0.05) is 24.1 Å². The lowest BCUT2D eigenvalue weighted by Gasteiger charge is -2.38. The zero-order valence-corrected chi connectivity index (χ0v) is 13.9. The van der Waals surface area contributed by atoms with Crippen molar-refractivity contribution in [3.63, 3.8) is 0 Å². The van der Waals surface area contributed by atoms with Crippen LogP contribution in [0.1, 0.15) is 38.3 Å². The van der Waals surface area contributed by atoms with Crippen LogP contribution < -0.4 is 14.8 Å². The molecule has 1 aliphatic rings. The van der Waals surface area contributed by atoms with E-state index in [4.69, 9.17) is 9.47 Å². The van der Waals surface area contributed by atoms with Crippen molar-refractivity contribution in [2.75, 3.05) is 34.3 Å². The Bertz CT molecular complexity index is 472. The van der Waals surface area contributed by atoms with Gasteiger partial charge in [0.05, 0.1) is 7.11 Å². The third kappa shape index (κ3) is 4.35. The van der Waals surface area contributed by atoms with Crippen LogP contribution in [-0.2, 0) is 0 Å². The summed E-state index contributed by atoms with van der Waals surface area (Å²) in [6.45, 7) is 6.41. The van der Waals surface area contributed by atoms with E-state index in [1.54, 1.807) is 7.11 Å². The van der Waals surface area contributed by atoms with Crippen molar-refractivity contribution >= 4 is 0 Å². The fraction of sp³-hybridized carbons (Fsp3) is 0.647. The standard InChI is InChI=1S/C17H28N2O2/c1-17(2)12-15(18-9-6-10-19(3)4)14-8-7-13(20-5)11-16(14)21-17/h7-8,11,15,18H,6,9-10,12H2,1-5H3. The molecule has 1 heterocycles. The summed E-state index contributed by atoms with van der Waals surface area (Å²) in [5.74, 6) is 1.79. The van der Waals surface area contributed by atoms with Gasteiger partial charge in [-0.2, -0.15) is 0 Å². The van der Waals surface area contributed by atoms with E-state index in [1.165, 1.54) is 5.56 Å². The van der Waals surface area contributed by atoms with Crippen molar-refractivity contribution < 1.29 is 9.47 Å². The molecule has 21 heavy (non-hydrogen) atoms. The Morgan fingerprint density at radius 1 is 1.38 bits per heavy atom. The molecule has 0 bridgehead atoms. The molecule has 1 atom stereocenters. The number of benzene rings is 1. The van der Waals surface area contributed by atoms with Crippen molar-refractivity contribution in [3.8, 4) is 11.5 Å². The van der Waals surface area contributed by atoms with Crippen LogP contribution >= 0.6 is 0 Å². The predicted molar refractivity (Wildman–Crippen MR) is 86.2 cm³/mol. The zero-order valence-electron chi connectivity index (χ0n) is 13.9.